The highest BCUT2D eigenvalue weighted by atomic mass is 32.1. The molecule has 2 aromatic carbocycles. The molecule has 0 atom stereocenters. The molecule has 3 rings (SSSR count). The highest BCUT2D eigenvalue weighted by Gasteiger charge is 2.02. The number of aromatic amines is 1. The minimum absolute atomic E-state index is 0.190. The van der Waals surface area contributed by atoms with Crippen molar-refractivity contribution in [3.8, 4) is 0 Å². The molecule has 5 heteroatoms. The van der Waals surface area contributed by atoms with Crippen LogP contribution in [0.2, 0.25) is 0 Å². The van der Waals surface area contributed by atoms with E-state index < -0.39 is 0 Å². The van der Waals surface area contributed by atoms with Crippen LogP contribution in [0.25, 0.3) is 12.2 Å². The molecule has 0 saturated carbocycles. The van der Waals surface area contributed by atoms with Crippen LogP contribution in [-0.2, 0) is 4.79 Å². The topological polar surface area (TPSA) is 62.0 Å². The lowest BCUT2D eigenvalue weighted by Gasteiger charge is -2.01. The molecule has 0 bridgehead atoms. The van der Waals surface area contributed by atoms with Gasteiger partial charge in [-0.1, -0.05) is 41.5 Å². The summed E-state index contributed by atoms with van der Waals surface area (Å²) in [6.45, 7) is 6.02. The third kappa shape index (κ3) is 4.37. The van der Waals surface area contributed by atoms with Crippen molar-refractivity contribution < 1.29 is 4.79 Å². The van der Waals surface area contributed by atoms with Crippen molar-refractivity contribution in [2.45, 2.75) is 20.8 Å². The minimum Gasteiger partial charge on any atom is -0.322 e. The molecular formula is C21H20N2O2S. The van der Waals surface area contributed by atoms with Crippen LogP contribution >= 0.6 is 11.3 Å². The van der Waals surface area contributed by atoms with Crippen molar-refractivity contribution in [2.75, 3.05) is 5.32 Å². The average Bonchev–Trinajstić information content (AvgIpc) is 2.92. The van der Waals surface area contributed by atoms with Gasteiger partial charge in [0.15, 0.2) is 0 Å². The van der Waals surface area contributed by atoms with E-state index >= 15 is 0 Å². The number of carbonyl (C=O) groups excluding carboxylic acids is 1. The number of benzene rings is 2. The lowest BCUT2D eigenvalue weighted by Crippen LogP contribution is -2.20. The number of nitrogens with one attached hydrogen (secondary N) is 2. The summed E-state index contributed by atoms with van der Waals surface area (Å²) in [5, 5.41) is 2.79. The molecule has 26 heavy (non-hydrogen) atoms. The van der Waals surface area contributed by atoms with Crippen LogP contribution in [0, 0.1) is 20.8 Å². The van der Waals surface area contributed by atoms with Gasteiger partial charge in [0.1, 0.15) is 4.66 Å². The molecule has 0 aliphatic heterocycles. The maximum atomic E-state index is 12.2. The van der Waals surface area contributed by atoms with E-state index in [0.717, 1.165) is 27.9 Å². The van der Waals surface area contributed by atoms with Crippen LogP contribution in [0.1, 0.15) is 22.3 Å². The van der Waals surface area contributed by atoms with Crippen LogP contribution in [0.5, 0.6) is 0 Å². The Kier molecular flexibility index (Phi) is 5.19. The number of aryl methyl sites for hydroxylation is 3. The lowest BCUT2D eigenvalue weighted by molar-refractivity contribution is -0.110. The molecule has 1 heterocycles. The van der Waals surface area contributed by atoms with E-state index in [9.17, 15) is 9.59 Å². The third-order valence-electron chi connectivity index (χ3n) is 3.98. The van der Waals surface area contributed by atoms with E-state index in [-0.39, 0.29) is 11.5 Å². The molecule has 0 radical (unpaired) electrons. The van der Waals surface area contributed by atoms with E-state index in [1.807, 2.05) is 69.3 Å². The number of H-pyrrole nitrogens is 1. The van der Waals surface area contributed by atoms with Crippen LogP contribution < -0.4 is 20.1 Å². The van der Waals surface area contributed by atoms with Crippen molar-refractivity contribution in [3.05, 3.63) is 84.3 Å². The summed E-state index contributed by atoms with van der Waals surface area (Å²) in [6.07, 6.45) is 3.27. The molecule has 3 aromatic rings. The first kappa shape index (κ1) is 17.9. The number of aromatic nitrogens is 1. The fourth-order valence-electron chi connectivity index (χ4n) is 2.52. The maximum Gasteiger partial charge on any atom is 0.266 e. The minimum atomic E-state index is -0.273. The highest BCUT2D eigenvalue weighted by molar-refractivity contribution is 7.07. The zero-order valence-electron chi connectivity index (χ0n) is 14.9. The number of hydrogen-bond donors (Lipinski definition) is 2. The summed E-state index contributed by atoms with van der Waals surface area (Å²) in [6, 6.07) is 13.7. The Balaban J connectivity index is 1.89. The van der Waals surface area contributed by atoms with E-state index in [1.165, 1.54) is 17.4 Å². The quantitative estimate of drug-likeness (QED) is 0.750. The highest BCUT2D eigenvalue weighted by Crippen LogP contribution is 2.11. The van der Waals surface area contributed by atoms with Gasteiger partial charge in [-0.2, -0.15) is 0 Å². The third-order valence-corrected chi connectivity index (χ3v) is 4.95. The Morgan fingerprint density at radius 1 is 1.04 bits per heavy atom. The SMILES string of the molecule is Cc1ccc(NC(=O)C=c2[nH]c(=O)c(=Cc3cc(C)ccc3C)s2)cc1. The molecule has 0 unspecified atom stereocenters. The second-order valence-corrected chi connectivity index (χ2v) is 7.37. The normalized spacial score (nSPS) is 12.4. The number of rotatable bonds is 3. The van der Waals surface area contributed by atoms with Crippen LogP contribution in [0.4, 0.5) is 5.69 Å². The van der Waals surface area contributed by atoms with Crippen LogP contribution in [0.3, 0.4) is 0 Å². The van der Waals surface area contributed by atoms with Gasteiger partial charge >= 0.3 is 0 Å². The molecule has 0 saturated heterocycles. The first-order valence-corrected chi connectivity index (χ1v) is 9.10. The molecule has 4 nitrogen and oxygen atoms in total. The largest absolute Gasteiger partial charge is 0.322 e. The van der Waals surface area contributed by atoms with Crippen molar-refractivity contribution in [1.82, 2.24) is 4.98 Å². The molecule has 0 aliphatic carbocycles. The summed E-state index contributed by atoms with van der Waals surface area (Å²) < 4.78 is 1.10. The molecule has 0 spiro atoms. The number of amides is 1. The van der Waals surface area contributed by atoms with Gasteiger partial charge in [0.2, 0.25) is 0 Å². The summed E-state index contributed by atoms with van der Waals surface area (Å²) in [7, 11) is 0. The predicted molar refractivity (Wildman–Crippen MR) is 108 cm³/mol. The molecule has 132 valence electrons. The van der Waals surface area contributed by atoms with E-state index in [2.05, 4.69) is 10.3 Å². The van der Waals surface area contributed by atoms with Crippen molar-refractivity contribution >= 4 is 35.1 Å². The average molecular weight is 364 g/mol. The Labute approximate surface area is 155 Å². The monoisotopic (exact) mass is 364 g/mol. The van der Waals surface area contributed by atoms with E-state index in [4.69, 9.17) is 0 Å². The molecule has 0 fully saturated rings. The molecular weight excluding hydrogens is 344 g/mol. The van der Waals surface area contributed by atoms with Gasteiger partial charge in [-0.25, -0.2) is 0 Å². The summed E-state index contributed by atoms with van der Waals surface area (Å²) in [4.78, 5) is 27.1. The molecule has 1 amide bonds. The number of carbonyl (C=O) groups is 1. The van der Waals surface area contributed by atoms with Gasteiger partial charge < -0.3 is 10.3 Å². The molecule has 2 N–H and O–H groups in total. The smallest absolute Gasteiger partial charge is 0.266 e. The zero-order valence-corrected chi connectivity index (χ0v) is 15.7. The van der Waals surface area contributed by atoms with E-state index in [0.29, 0.717) is 9.20 Å². The van der Waals surface area contributed by atoms with E-state index in [1.54, 1.807) is 0 Å². The predicted octanol–water partition coefficient (Wildman–Crippen LogP) is 2.61. The van der Waals surface area contributed by atoms with Gasteiger partial charge in [0.05, 0.1) is 4.53 Å². The Morgan fingerprint density at radius 3 is 2.46 bits per heavy atom. The fourth-order valence-corrected chi connectivity index (χ4v) is 3.39. The Bertz CT molecular complexity index is 1120. The van der Waals surface area contributed by atoms with Gasteiger partial charge in [0.25, 0.3) is 11.5 Å². The molecule has 1 aromatic heterocycles. The lowest BCUT2D eigenvalue weighted by atomic mass is 10.1. The first-order valence-electron chi connectivity index (χ1n) is 8.28. The zero-order chi connectivity index (χ0) is 18.7. The summed E-state index contributed by atoms with van der Waals surface area (Å²) in [5.41, 5.74) is 4.91. The van der Waals surface area contributed by atoms with Gasteiger partial charge in [0, 0.05) is 11.8 Å². The fraction of sp³-hybridized carbons (Fsp3) is 0.143. The molecule has 0 aliphatic rings. The van der Waals surface area contributed by atoms with Crippen LogP contribution in [-0.4, -0.2) is 10.9 Å². The van der Waals surface area contributed by atoms with Crippen molar-refractivity contribution in [2.24, 2.45) is 0 Å². The Morgan fingerprint density at radius 2 is 1.73 bits per heavy atom. The maximum absolute atomic E-state index is 12.2. The summed E-state index contributed by atoms with van der Waals surface area (Å²) >= 11 is 1.27. The van der Waals surface area contributed by atoms with Gasteiger partial charge in [-0.05, 0) is 50.1 Å². The van der Waals surface area contributed by atoms with Gasteiger partial charge in [-0.3, -0.25) is 9.59 Å². The van der Waals surface area contributed by atoms with Crippen molar-refractivity contribution in [3.63, 3.8) is 0 Å². The van der Waals surface area contributed by atoms with Gasteiger partial charge in [-0.15, -0.1) is 11.3 Å². The second kappa shape index (κ2) is 7.54. The number of anilines is 1. The summed E-state index contributed by atoms with van der Waals surface area (Å²) in [5.74, 6) is -0.273. The van der Waals surface area contributed by atoms with Crippen LogP contribution in [0.15, 0.2) is 47.3 Å². The van der Waals surface area contributed by atoms with Crippen molar-refractivity contribution in [1.29, 1.82) is 0 Å². The Hall–Kier alpha value is -2.92. The second-order valence-electron chi connectivity index (χ2n) is 6.29. The standard InChI is InChI=1S/C21H20N2O2S/c1-13-5-8-17(9-6-13)22-19(24)12-20-23-21(25)18(26-20)11-16-10-14(2)4-7-15(16)3/h4-12H,1-3H3,(H,22,24)(H,23,25). The number of thiazole rings is 1. The number of hydrogen-bond acceptors (Lipinski definition) is 3. The first-order chi connectivity index (χ1) is 12.4.